The van der Waals surface area contributed by atoms with Crippen LogP contribution in [0.3, 0.4) is 0 Å². The summed E-state index contributed by atoms with van der Waals surface area (Å²) in [5, 5.41) is 4.13. The number of rotatable bonds is 4. The summed E-state index contributed by atoms with van der Waals surface area (Å²) in [6.07, 6.45) is 1.81. The molecule has 1 aromatic heterocycles. The molecule has 18 heavy (non-hydrogen) atoms. The Hall–Kier alpha value is -1.33. The SMILES string of the molecule is Cc1cnc(CNC(C)c2ccc(F)cc2F)s1. The summed E-state index contributed by atoms with van der Waals surface area (Å²) in [6.45, 7) is 4.41. The van der Waals surface area contributed by atoms with E-state index >= 15 is 0 Å². The summed E-state index contributed by atoms with van der Waals surface area (Å²) < 4.78 is 26.3. The highest BCUT2D eigenvalue weighted by Crippen LogP contribution is 2.19. The van der Waals surface area contributed by atoms with E-state index in [9.17, 15) is 8.78 Å². The first-order valence-corrected chi connectivity index (χ1v) is 6.47. The normalized spacial score (nSPS) is 12.7. The van der Waals surface area contributed by atoms with E-state index in [1.165, 1.54) is 12.1 Å². The molecule has 0 amide bonds. The van der Waals surface area contributed by atoms with E-state index in [0.29, 0.717) is 12.1 Å². The van der Waals surface area contributed by atoms with Gasteiger partial charge < -0.3 is 5.32 Å². The highest BCUT2D eigenvalue weighted by atomic mass is 32.1. The molecule has 0 radical (unpaired) electrons. The lowest BCUT2D eigenvalue weighted by atomic mass is 10.1. The topological polar surface area (TPSA) is 24.9 Å². The molecule has 1 N–H and O–H groups in total. The molecule has 1 aromatic carbocycles. The van der Waals surface area contributed by atoms with E-state index < -0.39 is 11.6 Å². The molecule has 1 unspecified atom stereocenters. The minimum atomic E-state index is -0.556. The molecule has 2 aromatic rings. The van der Waals surface area contributed by atoms with Crippen LogP contribution >= 0.6 is 11.3 Å². The number of nitrogens with zero attached hydrogens (tertiary/aromatic N) is 1. The van der Waals surface area contributed by atoms with Crippen molar-refractivity contribution in [1.29, 1.82) is 0 Å². The zero-order valence-corrected chi connectivity index (χ0v) is 11.0. The fourth-order valence-corrected chi connectivity index (χ4v) is 2.42. The van der Waals surface area contributed by atoms with Crippen molar-refractivity contribution in [1.82, 2.24) is 10.3 Å². The van der Waals surface area contributed by atoms with Crippen molar-refractivity contribution in [2.45, 2.75) is 26.4 Å². The predicted molar refractivity (Wildman–Crippen MR) is 68.5 cm³/mol. The van der Waals surface area contributed by atoms with Crippen LogP contribution in [-0.4, -0.2) is 4.98 Å². The maximum absolute atomic E-state index is 13.5. The number of benzene rings is 1. The van der Waals surface area contributed by atoms with Gasteiger partial charge in [-0.25, -0.2) is 13.8 Å². The smallest absolute Gasteiger partial charge is 0.130 e. The molecule has 96 valence electrons. The number of aryl methyl sites for hydroxylation is 1. The monoisotopic (exact) mass is 268 g/mol. The average molecular weight is 268 g/mol. The molecule has 1 atom stereocenters. The summed E-state index contributed by atoms with van der Waals surface area (Å²) in [6, 6.07) is 3.45. The Morgan fingerprint density at radius 2 is 2.17 bits per heavy atom. The van der Waals surface area contributed by atoms with Gasteiger partial charge in [0, 0.05) is 35.3 Å². The molecule has 0 saturated carbocycles. The Bertz CT molecular complexity index is 540. The standard InChI is InChI=1S/C13H14F2N2S/c1-8-6-17-13(18-8)7-16-9(2)11-4-3-10(14)5-12(11)15/h3-6,9,16H,7H2,1-2H3. The molecule has 0 aliphatic rings. The highest BCUT2D eigenvalue weighted by Gasteiger charge is 2.11. The number of halogens is 2. The lowest BCUT2D eigenvalue weighted by Crippen LogP contribution is -2.19. The third-order valence-electron chi connectivity index (χ3n) is 2.66. The van der Waals surface area contributed by atoms with Gasteiger partial charge in [-0.15, -0.1) is 11.3 Å². The van der Waals surface area contributed by atoms with E-state index in [0.717, 1.165) is 16.0 Å². The molecule has 0 bridgehead atoms. The highest BCUT2D eigenvalue weighted by molar-refractivity contribution is 7.11. The van der Waals surface area contributed by atoms with Crippen LogP contribution in [0.25, 0.3) is 0 Å². The zero-order chi connectivity index (χ0) is 13.1. The summed E-state index contributed by atoms with van der Waals surface area (Å²) in [4.78, 5) is 5.37. The van der Waals surface area contributed by atoms with E-state index in [2.05, 4.69) is 10.3 Å². The minimum absolute atomic E-state index is 0.185. The van der Waals surface area contributed by atoms with Gasteiger partial charge in [-0.1, -0.05) is 6.07 Å². The third kappa shape index (κ3) is 3.11. The fourth-order valence-electron chi connectivity index (χ4n) is 1.69. The summed E-state index contributed by atoms with van der Waals surface area (Å²) in [5.74, 6) is -1.08. The van der Waals surface area contributed by atoms with Gasteiger partial charge in [0.05, 0.1) is 0 Å². The van der Waals surface area contributed by atoms with Gasteiger partial charge in [0.1, 0.15) is 16.6 Å². The summed E-state index contributed by atoms with van der Waals surface area (Å²) in [5.41, 5.74) is 0.463. The third-order valence-corrected chi connectivity index (χ3v) is 3.57. The van der Waals surface area contributed by atoms with Crippen molar-refractivity contribution in [2.75, 3.05) is 0 Å². The Kier molecular flexibility index (Phi) is 4.04. The van der Waals surface area contributed by atoms with Crippen molar-refractivity contribution < 1.29 is 8.78 Å². The first-order valence-electron chi connectivity index (χ1n) is 5.66. The fraction of sp³-hybridized carbons (Fsp3) is 0.308. The van der Waals surface area contributed by atoms with Gasteiger partial charge >= 0.3 is 0 Å². The van der Waals surface area contributed by atoms with Gasteiger partial charge in [0.15, 0.2) is 0 Å². The molecule has 2 rings (SSSR count). The molecule has 0 saturated heterocycles. The molecule has 2 nitrogen and oxygen atoms in total. The number of hydrogen-bond donors (Lipinski definition) is 1. The van der Waals surface area contributed by atoms with Crippen LogP contribution in [0.5, 0.6) is 0 Å². The van der Waals surface area contributed by atoms with E-state index in [1.807, 2.05) is 20.0 Å². The van der Waals surface area contributed by atoms with Crippen LogP contribution in [0, 0.1) is 18.6 Å². The molecular weight excluding hydrogens is 254 g/mol. The quantitative estimate of drug-likeness (QED) is 0.916. The Balaban J connectivity index is 2.01. The second-order valence-corrected chi connectivity index (χ2v) is 5.45. The molecule has 0 aliphatic carbocycles. The van der Waals surface area contributed by atoms with Crippen LogP contribution in [0.2, 0.25) is 0 Å². The largest absolute Gasteiger partial charge is 0.304 e. The van der Waals surface area contributed by atoms with Gasteiger partial charge in [-0.3, -0.25) is 0 Å². The number of nitrogens with one attached hydrogen (secondary N) is 1. The maximum atomic E-state index is 13.5. The Labute approximate surface area is 109 Å². The van der Waals surface area contributed by atoms with Gasteiger partial charge in [-0.2, -0.15) is 0 Å². The molecule has 0 fully saturated rings. The number of thiazole rings is 1. The lowest BCUT2D eigenvalue weighted by Gasteiger charge is -2.14. The van der Waals surface area contributed by atoms with Crippen molar-refractivity contribution in [2.24, 2.45) is 0 Å². The second kappa shape index (κ2) is 5.54. The van der Waals surface area contributed by atoms with Crippen molar-refractivity contribution in [3.05, 3.63) is 51.5 Å². The average Bonchev–Trinajstić information content (AvgIpc) is 2.72. The summed E-state index contributed by atoms with van der Waals surface area (Å²) in [7, 11) is 0. The molecular formula is C13H14F2N2S. The maximum Gasteiger partial charge on any atom is 0.130 e. The van der Waals surface area contributed by atoms with Gasteiger partial charge in [-0.05, 0) is 19.9 Å². The Morgan fingerprint density at radius 1 is 1.39 bits per heavy atom. The molecule has 5 heteroatoms. The van der Waals surface area contributed by atoms with Crippen LogP contribution in [0.15, 0.2) is 24.4 Å². The summed E-state index contributed by atoms with van der Waals surface area (Å²) >= 11 is 1.60. The Morgan fingerprint density at radius 3 is 2.78 bits per heavy atom. The van der Waals surface area contributed by atoms with Crippen LogP contribution < -0.4 is 5.32 Å². The molecule has 0 spiro atoms. The van der Waals surface area contributed by atoms with Gasteiger partial charge in [0.2, 0.25) is 0 Å². The first-order chi connectivity index (χ1) is 8.56. The van der Waals surface area contributed by atoms with E-state index in [1.54, 1.807) is 11.3 Å². The van der Waals surface area contributed by atoms with Crippen LogP contribution in [-0.2, 0) is 6.54 Å². The minimum Gasteiger partial charge on any atom is -0.304 e. The van der Waals surface area contributed by atoms with Gasteiger partial charge in [0.25, 0.3) is 0 Å². The first kappa shape index (κ1) is 13.1. The second-order valence-electron chi connectivity index (χ2n) is 4.13. The molecule has 1 heterocycles. The molecule has 0 aliphatic heterocycles. The predicted octanol–water partition coefficient (Wildman–Crippen LogP) is 3.58. The number of aromatic nitrogens is 1. The van der Waals surface area contributed by atoms with Crippen molar-refractivity contribution in [3.8, 4) is 0 Å². The van der Waals surface area contributed by atoms with Crippen molar-refractivity contribution in [3.63, 3.8) is 0 Å². The van der Waals surface area contributed by atoms with E-state index in [-0.39, 0.29) is 6.04 Å². The van der Waals surface area contributed by atoms with Crippen LogP contribution in [0.1, 0.15) is 28.4 Å². The lowest BCUT2D eigenvalue weighted by molar-refractivity contribution is 0.517. The van der Waals surface area contributed by atoms with Crippen molar-refractivity contribution >= 4 is 11.3 Å². The zero-order valence-electron chi connectivity index (χ0n) is 10.2. The number of hydrogen-bond acceptors (Lipinski definition) is 3. The van der Waals surface area contributed by atoms with Crippen LogP contribution in [0.4, 0.5) is 8.78 Å². The van der Waals surface area contributed by atoms with E-state index in [4.69, 9.17) is 0 Å².